The number of aromatic nitrogens is 2. The van der Waals surface area contributed by atoms with E-state index in [1.165, 1.54) is 11.1 Å². The van der Waals surface area contributed by atoms with E-state index in [4.69, 9.17) is 4.74 Å². The van der Waals surface area contributed by atoms with Gasteiger partial charge in [0.2, 0.25) is 0 Å². The Morgan fingerprint density at radius 2 is 2.29 bits per heavy atom. The van der Waals surface area contributed by atoms with Gasteiger partial charge in [0.05, 0.1) is 18.6 Å². The lowest BCUT2D eigenvalue weighted by Gasteiger charge is -2.11. The summed E-state index contributed by atoms with van der Waals surface area (Å²) in [6.07, 6.45) is 5.19. The van der Waals surface area contributed by atoms with Crippen LogP contribution in [0.2, 0.25) is 0 Å². The second-order valence-electron chi connectivity index (χ2n) is 6.15. The average Bonchev–Trinajstić information content (AvgIpc) is 3.02. The van der Waals surface area contributed by atoms with E-state index < -0.39 is 0 Å². The fourth-order valence-electron chi connectivity index (χ4n) is 2.69. The highest BCUT2D eigenvalue weighted by atomic mass is 16.5. The number of nitrogens with zero attached hydrogens (tertiary/aromatic N) is 2. The Kier molecular flexibility index (Phi) is 3.97. The Labute approximate surface area is 126 Å². The van der Waals surface area contributed by atoms with E-state index in [1.54, 1.807) is 0 Å². The predicted octanol–water partition coefficient (Wildman–Crippen LogP) is 2.69. The molecule has 2 heterocycles. The second-order valence-corrected chi connectivity index (χ2v) is 6.15. The van der Waals surface area contributed by atoms with E-state index >= 15 is 0 Å². The van der Waals surface area contributed by atoms with Gasteiger partial charge in [-0.2, -0.15) is 0 Å². The van der Waals surface area contributed by atoms with Gasteiger partial charge in [-0.3, -0.25) is 0 Å². The summed E-state index contributed by atoms with van der Waals surface area (Å²) in [6, 6.07) is 6.89. The summed E-state index contributed by atoms with van der Waals surface area (Å²) in [6.45, 7) is 8.07. The fourth-order valence-corrected chi connectivity index (χ4v) is 2.69. The molecule has 21 heavy (non-hydrogen) atoms. The van der Waals surface area contributed by atoms with Crippen LogP contribution in [0.4, 0.5) is 0 Å². The Morgan fingerprint density at radius 1 is 1.43 bits per heavy atom. The Bertz CT molecular complexity index is 618. The molecule has 4 nitrogen and oxygen atoms in total. The Morgan fingerprint density at radius 3 is 3.10 bits per heavy atom. The van der Waals surface area contributed by atoms with Crippen molar-refractivity contribution < 1.29 is 4.74 Å². The largest absolute Gasteiger partial charge is 0.488 e. The van der Waals surface area contributed by atoms with Crippen LogP contribution >= 0.6 is 0 Å². The zero-order valence-electron chi connectivity index (χ0n) is 13.0. The van der Waals surface area contributed by atoms with Crippen molar-refractivity contribution in [2.75, 3.05) is 0 Å². The van der Waals surface area contributed by atoms with E-state index in [-0.39, 0.29) is 6.10 Å². The Balaban J connectivity index is 1.59. The first kappa shape index (κ1) is 14.1. The lowest BCUT2D eigenvalue weighted by atomic mass is 10.1. The fraction of sp³-hybridized carbons (Fsp3) is 0.471. The van der Waals surface area contributed by atoms with Gasteiger partial charge in [0.1, 0.15) is 11.9 Å². The van der Waals surface area contributed by atoms with Gasteiger partial charge in [0.15, 0.2) is 0 Å². The second kappa shape index (κ2) is 5.90. The molecule has 0 bridgehead atoms. The number of hydrogen-bond donors (Lipinski definition) is 1. The highest BCUT2D eigenvalue weighted by molar-refractivity contribution is 5.40. The monoisotopic (exact) mass is 285 g/mol. The maximum atomic E-state index is 6.01. The zero-order chi connectivity index (χ0) is 14.8. The SMILES string of the molecule is Cc1ccc2c(c1)CC(Cn1cnc(CNC(C)C)c1)O2. The average molecular weight is 285 g/mol. The van der Waals surface area contributed by atoms with E-state index in [9.17, 15) is 0 Å². The lowest BCUT2D eigenvalue weighted by molar-refractivity contribution is 0.209. The quantitative estimate of drug-likeness (QED) is 0.918. The maximum Gasteiger partial charge on any atom is 0.123 e. The Hall–Kier alpha value is -1.81. The molecule has 112 valence electrons. The van der Waals surface area contributed by atoms with Crippen molar-refractivity contribution in [3.05, 3.63) is 47.5 Å². The van der Waals surface area contributed by atoms with Gasteiger partial charge in [-0.15, -0.1) is 0 Å². The van der Waals surface area contributed by atoms with Gasteiger partial charge < -0.3 is 14.6 Å². The first-order chi connectivity index (χ1) is 10.1. The van der Waals surface area contributed by atoms with Crippen molar-refractivity contribution >= 4 is 0 Å². The molecule has 1 N–H and O–H groups in total. The molecule has 1 atom stereocenters. The summed E-state index contributed by atoms with van der Waals surface area (Å²) in [7, 11) is 0. The van der Waals surface area contributed by atoms with Crippen LogP contribution in [0.25, 0.3) is 0 Å². The van der Waals surface area contributed by atoms with Gasteiger partial charge in [0.25, 0.3) is 0 Å². The lowest BCUT2D eigenvalue weighted by Crippen LogP contribution is -2.22. The molecule has 0 saturated carbocycles. The molecule has 0 amide bonds. The molecule has 3 rings (SSSR count). The van der Waals surface area contributed by atoms with E-state index in [1.807, 2.05) is 6.33 Å². The standard InChI is InChI=1S/C17H23N3O/c1-12(2)18-8-15-9-20(11-19-15)10-16-7-14-6-13(3)4-5-17(14)21-16/h4-6,9,11-12,16,18H,7-8,10H2,1-3H3. The minimum Gasteiger partial charge on any atom is -0.488 e. The molecule has 0 aliphatic carbocycles. The predicted molar refractivity (Wildman–Crippen MR) is 83.5 cm³/mol. The molecular weight excluding hydrogens is 262 g/mol. The molecule has 1 aromatic carbocycles. The molecule has 1 aromatic heterocycles. The highest BCUT2D eigenvalue weighted by Gasteiger charge is 2.23. The van der Waals surface area contributed by atoms with Crippen LogP contribution in [0.15, 0.2) is 30.7 Å². The molecule has 0 radical (unpaired) electrons. The summed E-state index contributed by atoms with van der Waals surface area (Å²) in [4.78, 5) is 4.44. The summed E-state index contributed by atoms with van der Waals surface area (Å²) >= 11 is 0. The minimum atomic E-state index is 0.210. The number of ether oxygens (including phenoxy) is 1. The number of nitrogens with one attached hydrogen (secondary N) is 1. The molecule has 0 saturated heterocycles. The van der Waals surface area contributed by atoms with Crippen molar-refractivity contribution in [1.82, 2.24) is 14.9 Å². The van der Waals surface area contributed by atoms with E-state index in [0.29, 0.717) is 6.04 Å². The summed E-state index contributed by atoms with van der Waals surface area (Å²) in [5.41, 5.74) is 3.69. The van der Waals surface area contributed by atoms with E-state index in [0.717, 1.165) is 31.0 Å². The zero-order valence-corrected chi connectivity index (χ0v) is 13.0. The normalized spacial score (nSPS) is 17.0. The number of hydrogen-bond acceptors (Lipinski definition) is 3. The highest BCUT2D eigenvalue weighted by Crippen LogP contribution is 2.30. The summed E-state index contributed by atoms with van der Waals surface area (Å²) in [5.74, 6) is 1.03. The molecule has 0 fully saturated rings. The molecular formula is C17H23N3O. The third-order valence-corrected chi connectivity index (χ3v) is 3.75. The number of rotatable bonds is 5. The third kappa shape index (κ3) is 3.45. The van der Waals surface area contributed by atoms with Crippen molar-refractivity contribution in [3.8, 4) is 5.75 Å². The topological polar surface area (TPSA) is 39.1 Å². The van der Waals surface area contributed by atoms with Gasteiger partial charge in [-0.05, 0) is 18.6 Å². The number of imidazole rings is 1. The van der Waals surface area contributed by atoms with Crippen molar-refractivity contribution in [2.24, 2.45) is 0 Å². The van der Waals surface area contributed by atoms with Crippen LogP contribution in [-0.4, -0.2) is 21.7 Å². The molecule has 1 aliphatic rings. The van der Waals surface area contributed by atoms with Crippen molar-refractivity contribution in [3.63, 3.8) is 0 Å². The minimum absolute atomic E-state index is 0.210. The number of aryl methyl sites for hydroxylation is 1. The van der Waals surface area contributed by atoms with Gasteiger partial charge >= 0.3 is 0 Å². The van der Waals surface area contributed by atoms with E-state index in [2.05, 4.69) is 60.0 Å². The molecule has 1 aliphatic heterocycles. The molecule has 4 heteroatoms. The van der Waals surface area contributed by atoms with Gasteiger partial charge in [0, 0.05) is 25.2 Å². The van der Waals surface area contributed by atoms with Crippen molar-refractivity contribution in [2.45, 2.75) is 52.4 Å². The maximum absolute atomic E-state index is 6.01. The van der Waals surface area contributed by atoms with Crippen molar-refractivity contribution in [1.29, 1.82) is 0 Å². The van der Waals surface area contributed by atoms with Crippen LogP contribution in [0.1, 0.15) is 30.7 Å². The van der Waals surface area contributed by atoms with Crippen LogP contribution < -0.4 is 10.1 Å². The molecule has 0 spiro atoms. The first-order valence-corrected chi connectivity index (χ1v) is 7.60. The van der Waals surface area contributed by atoms with Crippen LogP contribution in [0.3, 0.4) is 0 Å². The molecule has 2 aromatic rings. The molecule has 1 unspecified atom stereocenters. The summed E-state index contributed by atoms with van der Waals surface area (Å²) < 4.78 is 8.13. The van der Waals surface area contributed by atoms with Crippen LogP contribution in [-0.2, 0) is 19.5 Å². The van der Waals surface area contributed by atoms with Gasteiger partial charge in [-0.1, -0.05) is 31.5 Å². The van der Waals surface area contributed by atoms with Crippen LogP contribution in [0.5, 0.6) is 5.75 Å². The first-order valence-electron chi connectivity index (χ1n) is 7.60. The summed E-state index contributed by atoms with van der Waals surface area (Å²) in [5, 5.41) is 3.38. The smallest absolute Gasteiger partial charge is 0.123 e. The third-order valence-electron chi connectivity index (χ3n) is 3.75. The van der Waals surface area contributed by atoms with Crippen LogP contribution in [0, 0.1) is 6.92 Å². The number of benzene rings is 1. The number of fused-ring (bicyclic) bond motifs is 1. The van der Waals surface area contributed by atoms with Gasteiger partial charge in [-0.25, -0.2) is 4.98 Å².